The maximum absolute atomic E-state index is 11.8. The second kappa shape index (κ2) is 6.36. The first-order valence-corrected chi connectivity index (χ1v) is 6.55. The van der Waals surface area contributed by atoms with Crippen LogP contribution in [0.15, 0.2) is 0 Å². The number of ether oxygens (including phenoxy) is 1. The van der Waals surface area contributed by atoms with Crippen LogP contribution < -0.4 is 11.1 Å². The molecule has 4 nitrogen and oxygen atoms in total. The second-order valence-corrected chi connectivity index (χ2v) is 5.61. The van der Waals surface area contributed by atoms with Crippen molar-refractivity contribution < 1.29 is 9.53 Å². The fraction of sp³-hybridized carbons (Fsp3) is 0.923. The number of carbonyl (C=O) groups is 1. The normalized spacial score (nSPS) is 19.8. The van der Waals surface area contributed by atoms with Gasteiger partial charge in [-0.15, -0.1) is 0 Å². The molecule has 17 heavy (non-hydrogen) atoms. The molecule has 0 aromatic carbocycles. The molecule has 0 bridgehead atoms. The van der Waals surface area contributed by atoms with Crippen molar-refractivity contribution in [2.75, 3.05) is 13.7 Å². The predicted molar refractivity (Wildman–Crippen MR) is 68.6 cm³/mol. The predicted octanol–water partition coefficient (Wildman–Crippen LogP) is 1.44. The zero-order valence-corrected chi connectivity index (χ0v) is 11.3. The molecule has 1 aliphatic carbocycles. The van der Waals surface area contributed by atoms with Gasteiger partial charge in [0.15, 0.2) is 0 Å². The number of rotatable bonds is 7. The number of amides is 1. The third-order valence-corrected chi connectivity index (χ3v) is 3.52. The van der Waals surface area contributed by atoms with Gasteiger partial charge in [-0.1, -0.05) is 13.8 Å². The minimum Gasteiger partial charge on any atom is -0.378 e. The molecule has 1 unspecified atom stereocenters. The van der Waals surface area contributed by atoms with Gasteiger partial charge in [0, 0.05) is 19.7 Å². The van der Waals surface area contributed by atoms with Crippen molar-refractivity contribution in [1.29, 1.82) is 0 Å². The van der Waals surface area contributed by atoms with Crippen molar-refractivity contribution >= 4 is 5.91 Å². The average Bonchev–Trinajstić information content (AvgIpc) is 2.19. The van der Waals surface area contributed by atoms with E-state index in [1.165, 1.54) is 0 Å². The van der Waals surface area contributed by atoms with Gasteiger partial charge in [-0.3, -0.25) is 4.79 Å². The quantitative estimate of drug-likeness (QED) is 0.710. The zero-order valence-electron chi connectivity index (χ0n) is 11.3. The number of nitrogens with one attached hydrogen (secondary N) is 1. The van der Waals surface area contributed by atoms with Gasteiger partial charge in [-0.25, -0.2) is 0 Å². The van der Waals surface area contributed by atoms with Gasteiger partial charge in [0.1, 0.15) is 0 Å². The summed E-state index contributed by atoms with van der Waals surface area (Å²) in [5, 5.41) is 2.90. The number of carbonyl (C=O) groups excluding carboxylic acids is 1. The standard InChI is InChI=1S/C13H26N2O2/c1-10(2)7-11(14)9-15-12(16)8-13(17-3)5-4-6-13/h10-11H,4-9,14H2,1-3H3,(H,15,16). The molecule has 0 aromatic heterocycles. The van der Waals surface area contributed by atoms with E-state index in [0.29, 0.717) is 18.9 Å². The summed E-state index contributed by atoms with van der Waals surface area (Å²) in [5.41, 5.74) is 5.73. The van der Waals surface area contributed by atoms with Gasteiger partial charge in [0.25, 0.3) is 0 Å². The van der Waals surface area contributed by atoms with Gasteiger partial charge >= 0.3 is 0 Å². The maximum atomic E-state index is 11.8. The van der Waals surface area contributed by atoms with Crippen LogP contribution in [0.1, 0.15) is 46.0 Å². The van der Waals surface area contributed by atoms with E-state index in [1.807, 2.05) is 0 Å². The lowest BCUT2D eigenvalue weighted by Crippen LogP contribution is -2.46. The minimum absolute atomic E-state index is 0.0545. The van der Waals surface area contributed by atoms with Crippen molar-refractivity contribution in [3.05, 3.63) is 0 Å². The first kappa shape index (κ1) is 14.5. The molecule has 0 radical (unpaired) electrons. The summed E-state index contributed by atoms with van der Waals surface area (Å²) in [5.74, 6) is 0.629. The molecular weight excluding hydrogens is 216 g/mol. The van der Waals surface area contributed by atoms with Crippen molar-refractivity contribution in [2.24, 2.45) is 11.7 Å². The van der Waals surface area contributed by atoms with E-state index in [4.69, 9.17) is 10.5 Å². The largest absolute Gasteiger partial charge is 0.378 e. The van der Waals surface area contributed by atoms with Crippen LogP contribution >= 0.6 is 0 Å². The van der Waals surface area contributed by atoms with Crippen LogP contribution in [-0.2, 0) is 9.53 Å². The summed E-state index contributed by atoms with van der Waals surface area (Å²) in [4.78, 5) is 11.8. The Bertz CT molecular complexity index is 244. The second-order valence-electron chi connectivity index (χ2n) is 5.61. The average molecular weight is 242 g/mol. The Balaban J connectivity index is 2.21. The van der Waals surface area contributed by atoms with Gasteiger partial charge in [-0.05, 0) is 31.6 Å². The molecular formula is C13H26N2O2. The van der Waals surface area contributed by atoms with Crippen LogP contribution in [0.3, 0.4) is 0 Å². The highest BCUT2D eigenvalue weighted by molar-refractivity contribution is 5.77. The minimum atomic E-state index is -0.188. The Morgan fingerprint density at radius 1 is 1.47 bits per heavy atom. The van der Waals surface area contributed by atoms with Crippen LogP contribution in [0.2, 0.25) is 0 Å². The van der Waals surface area contributed by atoms with Crippen LogP contribution in [0.25, 0.3) is 0 Å². The van der Waals surface area contributed by atoms with Crippen LogP contribution in [0, 0.1) is 5.92 Å². The molecule has 0 heterocycles. The smallest absolute Gasteiger partial charge is 0.222 e. The lowest BCUT2D eigenvalue weighted by atomic mass is 9.77. The van der Waals surface area contributed by atoms with E-state index in [9.17, 15) is 4.79 Å². The van der Waals surface area contributed by atoms with E-state index in [1.54, 1.807) is 7.11 Å². The van der Waals surface area contributed by atoms with Crippen LogP contribution in [-0.4, -0.2) is 31.2 Å². The summed E-state index contributed by atoms with van der Waals surface area (Å²) in [6.07, 6.45) is 4.56. The summed E-state index contributed by atoms with van der Waals surface area (Å²) in [7, 11) is 1.69. The molecule has 1 amide bonds. The van der Waals surface area contributed by atoms with Gasteiger partial charge in [0.2, 0.25) is 5.91 Å². The molecule has 0 spiro atoms. The third kappa shape index (κ3) is 4.64. The Hall–Kier alpha value is -0.610. The number of hydrogen-bond acceptors (Lipinski definition) is 3. The summed E-state index contributed by atoms with van der Waals surface area (Å²) in [6.45, 7) is 4.84. The zero-order chi connectivity index (χ0) is 12.9. The molecule has 1 atom stereocenters. The monoisotopic (exact) mass is 242 g/mol. The Morgan fingerprint density at radius 2 is 2.12 bits per heavy atom. The van der Waals surface area contributed by atoms with E-state index in [2.05, 4.69) is 19.2 Å². The van der Waals surface area contributed by atoms with Crippen LogP contribution in [0.4, 0.5) is 0 Å². The topological polar surface area (TPSA) is 64.3 Å². The van der Waals surface area contributed by atoms with Crippen molar-refractivity contribution in [2.45, 2.75) is 57.6 Å². The molecule has 100 valence electrons. The summed E-state index contributed by atoms with van der Waals surface area (Å²) in [6, 6.07) is 0.0545. The first-order valence-electron chi connectivity index (χ1n) is 6.55. The Kier molecular flexibility index (Phi) is 5.40. The van der Waals surface area contributed by atoms with Gasteiger partial charge < -0.3 is 15.8 Å². The molecule has 1 saturated carbocycles. The van der Waals surface area contributed by atoms with Crippen LogP contribution in [0.5, 0.6) is 0 Å². The molecule has 1 rings (SSSR count). The fourth-order valence-corrected chi connectivity index (χ4v) is 2.31. The Labute approximate surface area is 104 Å². The van der Waals surface area contributed by atoms with E-state index in [-0.39, 0.29) is 17.6 Å². The molecule has 3 N–H and O–H groups in total. The maximum Gasteiger partial charge on any atom is 0.222 e. The molecule has 1 fully saturated rings. The molecule has 1 aliphatic rings. The highest BCUT2D eigenvalue weighted by Crippen LogP contribution is 2.37. The molecule has 0 saturated heterocycles. The third-order valence-electron chi connectivity index (χ3n) is 3.52. The lowest BCUT2D eigenvalue weighted by molar-refractivity contribution is -0.134. The molecule has 0 aromatic rings. The molecule has 0 aliphatic heterocycles. The SMILES string of the molecule is COC1(CC(=O)NCC(N)CC(C)C)CCC1. The Morgan fingerprint density at radius 3 is 2.53 bits per heavy atom. The van der Waals surface area contributed by atoms with E-state index < -0.39 is 0 Å². The summed E-state index contributed by atoms with van der Waals surface area (Å²) < 4.78 is 5.42. The number of nitrogens with two attached hydrogens (primary N) is 1. The highest BCUT2D eigenvalue weighted by Gasteiger charge is 2.38. The lowest BCUT2D eigenvalue weighted by Gasteiger charge is -2.40. The van der Waals surface area contributed by atoms with Crippen molar-refractivity contribution in [1.82, 2.24) is 5.32 Å². The van der Waals surface area contributed by atoms with Crippen molar-refractivity contribution in [3.8, 4) is 0 Å². The number of hydrogen-bond donors (Lipinski definition) is 2. The number of methoxy groups -OCH3 is 1. The van der Waals surface area contributed by atoms with E-state index >= 15 is 0 Å². The van der Waals surface area contributed by atoms with E-state index in [0.717, 1.165) is 25.7 Å². The summed E-state index contributed by atoms with van der Waals surface area (Å²) >= 11 is 0. The molecule has 4 heteroatoms. The highest BCUT2D eigenvalue weighted by atomic mass is 16.5. The van der Waals surface area contributed by atoms with Gasteiger partial charge in [0.05, 0.1) is 12.0 Å². The first-order chi connectivity index (χ1) is 7.97. The van der Waals surface area contributed by atoms with Crippen molar-refractivity contribution in [3.63, 3.8) is 0 Å². The van der Waals surface area contributed by atoms with Gasteiger partial charge in [-0.2, -0.15) is 0 Å². The fourth-order valence-electron chi connectivity index (χ4n) is 2.31.